The van der Waals surface area contributed by atoms with E-state index >= 15 is 0 Å². The maximum Gasteiger partial charge on any atom is 0.259 e. The fourth-order valence-electron chi connectivity index (χ4n) is 3.41. The molecule has 164 valence electrons. The van der Waals surface area contributed by atoms with Crippen molar-refractivity contribution in [3.63, 3.8) is 0 Å². The number of amidine groups is 1. The van der Waals surface area contributed by atoms with Crippen LogP contribution in [-0.4, -0.2) is 43.9 Å². The number of hydrogen-bond donors (Lipinski definition) is 3. The summed E-state index contributed by atoms with van der Waals surface area (Å²) in [4.78, 5) is 17.1. The third-order valence-electron chi connectivity index (χ3n) is 5.38. The van der Waals surface area contributed by atoms with Crippen LogP contribution >= 0.6 is 11.9 Å². The van der Waals surface area contributed by atoms with Gasteiger partial charge in [0.1, 0.15) is 17.3 Å². The number of fused-ring (bicyclic) bond motifs is 1. The smallest absolute Gasteiger partial charge is 0.259 e. The van der Waals surface area contributed by atoms with Gasteiger partial charge in [-0.15, -0.1) is 0 Å². The molecule has 1 amide bonds. The summed E-state index contributed by atoms with van der Waals surface area (Å²) in [6.45, 7) is 5.34. The number of nitrogens with two attached hydrogens (primary N) is 1. The number of carbonyl (C=O) groups is 1. The molecule has 31 heavy (non-hydrogen) atoms. The molecule has 0 saturated heterocycles. The maximum absolute atomic E-state index is 14.7. The molecule has 2 heterocycles. The van der Waals surface area contributed by atoms with Gasteiger partial charge < -0.3 is 5.32 Å². The van der Waals surface area contributed by atoms with Crippen molar-refractivity contribution >= 4 is 29.5 Å². The summed E-state index contributed by atoms with van der Waals surface area (Å²) in [7, 11) is 0. The highest BCUT2D eigenvalue weighted by molar-refractivity contribution is 7.97. The Morgan fingerprint density at radius 1 is 1.35 bits per heavy atom. The lowest BCUT2D eigenvalue weighted by Crippen LogP contribution is -2.43. The Bertz CT molecular complexity index is 1010. The molecule has 0 radical (unpaired) electrons. The molecule has 1 aromatic carbocycles. The van der Waals surface area contributed by atoms with E-state index in [4.69, 9.17) is 11.3 Å². The lowest BCUT2D eigenvalue weighted by molar-refractivity contribution is 0.102. The number of carbonyl (C=O) groups excluding carboxylic acids is 1. The van der Waals surface area contributed by atoms with Gasteiger partial charge in [-0.3, -0.25) is 15.2 Å². The second-order valence-corrected chi connectivity index (χ2v) is 9.62. The number of nitrogens with one attached hydrogen (secondary N) is 2. The van der Waals surface area contributed by atoms with Crippen LogP contribution in [0.15, 0.2) is 30.3 Å². The normalized spacial score (nSPS) is 16.2. The second-order valence-electron chi connectivity index (χ2n) is 8.23. The van der Waals surface area contributed by atoms with Gasteiger partial charge in [0.2, 0.25) is 0 Å². The third kappa shape index (κ3) is 5.06. The average molecular weight is 443 g/mol. The van der Waals surface area contributed by atoms with Crippen molar-refractivity contribution in [2.45, 2.75) is 50.9 Å². The summed E-state index contributed by atoms with van der Waals surface area (Å²) < 4.78 is 17.0. The highest BCUT2D eigenvalue weighted by atomic mass is 32.2. The van der Waals surface area contributed by atoms with Crippen molar-refractivity contribution in [2.24, 2.45) is 5.84 Å². The van der Waals surface area contributed by atoms with Crippen molar-refractivity contribution in [1.82, 2.24) is 14.3 Å². The zero-order valence-electron chi connectivity index (χ0n) is 17.7. The highest BCUT2D eigenvalue weighted by Gasteiger charge is 2.28. The molecule has 0 unspecified atom stereocenters. The van der Waals surface area contributed by atoms with Crippen molar-refractivity contribution in [3.05, 3.63) is 58.5 Å². The molecule has 1 fully saturated rings. The molecule has 0 atom stereocenters. The van der Waals surface area contributed by atoms with Crippen LogP contribution in [-0.2, 0) is 13.0 Å². The predicted molar refractivity (Wildman–Crippen MR) is 121 cm³/mol. The summed E-state index contributed by atoms with van der Waals surface area (Å²) in [5.41, 5.74) is 2.28. The Hall–Kier alpha value is -2.49. The molecule has 4 rings (SSSR count). The summed E-state index contributed by atoms with van der Waals surface area (Å²) in [5.74, 6) is 5.08. The number of benzene rings is 1. The third-order valence-corrected chi connectivity index (χ3v) is 6.76. The van der Waals surface area contributed by atoms with Gasteiger partial charge in [0.15, 0.2) is 5.84 Å². The second kappa shape index (κ2) is 8.94. The van der Waals surface area contributed by atoms with E-state index in [0.717, 1.165) is 24.1 Å². The highest BCUT2D eigenvalue weighted by Crippen LogP contribution is 2.38. The Morgan fingerprint density at radius 2 is 2.13 bits per heavy atom. The summed E-state index contributed by atoms with van der Waals surface area (Å²) in [6.07, 6.45) is 3.30. The van der Waals surface area contributed by atoms with Gasteiger partial charge in [-0.2, -0.15) is 0 Å². The van der Waals surface area contributed by atoms with Crippen LogP contribution in [0.1, 0.15) is 53.9 Å². The lowest BCUT2D eigenvalue weighted by Gasteiger charge is -2.28. The first kappa shape index (κ1) is 21.7. The minimum atomic E-state index is -0.558. The van der Waals surface area contributed by atoms with Crippen LogP contribution in [0.2, 0.25) is 0 Å². The summed E-state index contributed by atoms with van der Waals surface area (Å²) in [6, 6.07) is 8.00. The zero-order valence-corrected chi connectivity index (χ0v) is 18.5. The van der Waals surface area contributed by atoms with Crippen molar-refractivity contribution in [2.75, 3.05) is 11.9 Å². The van der Waals surface area contributed by atoms with E-state index in [1.165, 1.54) is 23.9 Å². The molecule has 0 spiro atoms. The van der Waals surface area contributed by atoms with Gasteiger partial charge >= 0.3 is 0 Å². The van der Waals surface area contributed by atoms with Gasteiger partial charge in [-0.1, -0.05) is 18.0 Å². The van der Waals surface area contributed by atoms with E-state index < -0.39 is 11.7 Å². The standard InChI is InChI=1S/C22H27FN6OS/c1-13(2)29(25)21(24)19-4-3-5-20(26-19)27-22(30)17-10-15-12-28(31-16-6-7-16)9-8-14(15)11-18(17)23/h3-5,10-11,13,16,24H,6-9,12,25H2,1-2H3,(H,26,27,30). The van der Waals surface area contributed by atoms with Crippen LogP contribution in [0, 0.1) is 11.2 Å². The van der Waals surface area contributed by atoms with Gasteiger partial charge in [0.05, 0.1) is 5.56 Å². The first-order valence-electron chi connectivity index (χ1n) is 10.5. The molecule has 2 aliphatic rings. The minimum Gasteiger partial charge on any atom is -0.306 e. The topological polar surface area (TPSA) is 98.3 Å². The van der Waals surface area contributed by atoms with Crippen molar-refractivity contribution in [3.8, 4) is 0 Å². The molecular weight excluding hydrogens is 415 g/mol. The zero-order chi connectivity index (χ0) is 22.1. The number of anilines is 1. The Labute approximate surface area is 185 Å². The number of hydrogen-bond acceptors (Lipinski definition) is 6. The first-order valence-corrected chi connectivity index (χ1v) is 11.3. The van der Waals surface area contributed by atoms with E-state index in [2.05, 4.69) is 14.6 Å². The van der Waals surface area contributed by atoms with E-state index in [1.54, 1.807) is 24.3 Å². The minimum absolute atomic E-state index is 0.00179. The lowest BCUT2D eigenvalue weighted by atomic mass is 9.97. The predicted octanol–water partition coefficient (Wildman–Crippen LogP) is 3.55. The molecule has 0 bridgehead atoms. The van der Waals surface area contributed by atoms with Crippen molar-refractivity contribution in [1.29, 1.82) is 5.41 Å². The molecule has 1 aromatic heterocycles. The first-order chi connectivity index (χ1) is 14.8. The van der Waals surface area contributed by atoms with Gasteiger partial charge in [-0.05, 0) is 68.5 Å². The number of halogens is 1. The molecular formula is C22H27FN6OS. The van der Waals surface area contributed by atoms with E-state index in [1.807, 2.05) is 25.8 Å². The molecule has 4 N–H and O–H groups in total. The average Bonchev–Trinajstić information content (AvgIpc) is 3.56. The van der Waals surface area contributed by atoms with Crippen LogP contribution in [0.5, 0.6) is 0 Å². The number of rotatable bonds is 6. The van der Waals surface area contributed by atoms with E-state index in [0.29, 0.717) is 17.5 Å². The SMILES string of the molecule is CC(C)N(N)C(=N)c1cccc(NC(=O)c2cc3c(cc2F)CCN(SC2CC2)C3)n1. The van der Waals surface area contributed by atoms with Crippen LogP contribution in [0.25, 0.3) is 0 Å². The fourth-order valence-corrected chi connectivity index (χ4v) is 4.59. The number of hydrazine groups is 1. The van der Waals surface area contributed by atoms with Gasteiger partial charge in [-0.25, -0.2) is 19.5 Å². The quantitative estimate of drug-likeness (QED) is 0.208. The van der Waals surface area contributed by atoms with E-state index in [9.17, 15) is 9.18 Å². The Kier molecular flexibility index (Phi) is 6.27. The Balaban J connectivity index is 1.50. The Morgan fingerprint density at radius 3 is 2.84 bits per heavy atom. The maximum atomic E-state index is 14.7. The van der Waals surface area contributed by atoms with E-state index in [-0.39, 0.29) is 23.3 Å². The van der Waals surface area contributed by atoms with Crippen LogP contribution in [0.3, 0.4) is 0 Å². The van der Waals surface area contributed by atoms with Gasteiger partial charge in [0, 0.05) is 24.4 Å². The van der Waals surface area contributed by atoms with Crippen LogP contribution in [0.4, 0.5) is 10.2 Å². The molecule has 1 aliphatic heterocycles. The molecule has 1 aliphatic carbocycles. The monoisotopic (exact) mass is 442 g/mol. The van der Waals surface area contributed by atoms with Crippen LogP contribution < -0.4 is 11.2 Å². The fraction of sp³-hybridized carbons (Fsp3) is 0.409. The number of aromatic nitrogens is 1. The number of nitrogens with zero attached hydrogens (tertiary/aromatic N) is 3. The largest absolute Gasteiger partial charge is 0.306 e. The number of amides is 1. The molecule has 9 heteroatoms. The summed E-state index contributed by atoms with van der Waals surface area (Å²) >= 11 is 1.87. The van der Waals surface area contributed by atoms with Crippen molar-refractivity contribution < 1.29 is 9.18 Å². The van der Waals surface area contributed by atoms with Gasteiger partial charge in [0.25, 0.3) is 5.91 Å². The number of pyridine rings is 1. The summed E-state index contributed by atoms with van der Waals surface area (Å²) in [5, 5.41) is 12.8. The molecule has 2 aromatic rings. The molecule has 1 saturated carbocycles. The molecule has 7 nitrogen and oxygen atoms in total.